The molecule has 8 nitrogen and oxygen atoms in total. The summed E-state index contributed by atoms with van der Waals surface area (Å²) in [4.78, 5) is 37.6. The molecule has 1 heterocycles. The fourth-order valence-corrected chi connectivity index (χ4v) is 2.98. The van der Waals surface area contributed by atoms with Gasteiger partial charge in [-0.15, -0.1) is 0 Å². The normalized spacial score (nSPS) is 15.9. The number of nitrogens with zero attached hydrogens (tertiary/aromatic N) is 1. The Kier molecular flexibility index (Phi) is 5.78. The Morgan fingerprint density at radius 3 is 2.32 bits per heavy atom. The van der Waals surface area contributed by atoms with E-state index >= 15 is 0 Å². The molecule has 2 N–H and O–H groups in total. The molecule has 1 aliphatic heterocycles. The van der Waals surface area contributed by atoms with Crippen LogP contribution in [0.5, 0.6) is 5.75 Å². The van der Waals surface area contributed by atoms with Crippen LogP contribution in [0.4, 0.5) is 16.2 Å². The largest absolute Gasteiger partial charge is 0.497 e. The van der Waals surface area contributed by atoms with E-state index in [-0.39, 0.29) is 18.4 Å². The molecule has 2 aromatic carbocycles. The summed E-state index contributed by atoms with van der Waals surface area (Å²) in [5, 5.41) is 5.49. The van der Waals surface area contributed by atoms with Crippen LogP contribution in [0.2, 0.25) is 0 Å². The highest BCUT2D eigenvalue weighted by atomic mass is 16.5. The highest BCUT2D eigenvalue weighted by Gasteiger charge is 2.31. The molecular formula is C20H21N3O5. The molecule has 0 spiro atoms. The summed E-state index contributed by atoms with van der Waals surface area (Å²) in [6, 6.07) is 12.8. The molecule has 0 aliphatic carbocycles. The molecule has 0 aromatic heterocycles. The molecule has 1 fully saturated rings. The molecule has 28 heavy (non-hydrogen) atoms. The summed E-state index contributed by atoms with van der Waals surface area (Å²) in [7, 11) is 2.89. The van der Waals surface area contributed by atoms with Crippen LogP contribution >= 0.6 is 0 Å². The Labute approximate surface area is 162 Å². The number of carbonyl (C=O) groups is 3. The van der Waals surface area contributed by atoms with Crippen molar-refractivity contribution < 1.29 is 23.9 Å². The fraction of sp³-hybridized carbons (Fsp3) is 0.250. The number of amides is 3. The maximum atomic E-state index is 12.3. The number of methoxy groups -OCH3 is 2. The summed E-state index contributed by atoms with van der Waals surface area (Å²) in [5.74, 6) is 0.208. The van der Waals surface area contributed by atoms with E-state index in [1.54, 1.807) is 48.4 Å². The van der Waals surface area contributed by atoms with Gasteiger partial charge in [0, 0.05) is 24.3 Å². The maximum absolute atomic E-state index is 12.3. The van der Waals surface area contributed by atoms with Crippen molar-refractivity contribution in [3.8, 4) is 5.75 Å². The highest BCUT2D eigenvalue weighted by molar-refractivity contribution is 5.98. The average molecular weight is 383 g/mol. The summed E-state index contributed by atoms with van der Waals surface area (Å²) in [6.07, 6.45) is 0.223. The van der Waals surface area contributed by atoms with Crippen LogP contribution in [0.25, 0.3) is 0 Å². The predicted molar refractivity (Wildman–Crippen MR) is 104 cm³/mol. The minimum absolute atomic E-state index is 0.0575. The third-order valence-corrected chi connectivity index (χ3v) is 4.41. The maximum Gasteiger partial charge on any atom is 0.337 e. The first-order valence-electron chi connectivity index (χ1n) is 8.70. The lowest BCUT2D eigenvalue weighted by atomic mass is 10.2. The average Bonchev–Trinajstić information content (AvgIpc) is 3.07. The number of carbonyl (C=O) groups excluding carboxylic acids is 3. The molecule has 8 heteroatoms. The highest BCUT2D eigenvalue weighted by Crippen LogP contribution is 2.24. The standard InChI is InChI=1S/C20H21N3O5/c1-27-17-9-7-16(8-10-17)23-12-15(11-18(23)24)22-20(26)21-14-5-3-13(4-6-14)19(25)28-2/h3-10,15H,11-12H2,1-2H3,(H2,21,22,26). The van der Waals surface area contributed by atoms with Crippen molar-refractivity contribution >= 4 is 29.3 Å². The van der Waals surface area contributed by atoms with Crippen LogP contribution in [0.15, 0.2) is 48.5 Å². The van der Waals surface area contributed by atoms with Crippen molar-refractivity contribution in [1.82, 2.24) is 5.32 Å². The van der Waals surface area contributed by atoms with Crippen molar-refractivity contribution in [2.24, 2.45) is 0 Å². The minimum atomic E-state index is -0.445. The summed E-state index contributed by atoms with van der Waals surface area (Å²) in [6.45, 7) is 0.389. The Bertz CT molecular complexity index is 864. The van der Waals surface area contributed by atoms with Gasteiger partial charge in [-0.1, -0.05) is 0 Å². The van der Waals surface area contributed by atoms with Gasteiger partial charge in [-0.3, -0.25) is 4.79 Å². The van der Waals surface area contributed by atoms with Crippen LogP contribution in [0.1, 0.15) is 16.8 Å². The Morgan fingerprint density at radius 2 is 1.71 bits per heavy atom. The second-order valence-corrected chi connectivity index (χ2v) is 6.27. The van der Waals surface area contributed by atoms with Gasteiger partial charge in [-0.25, -0.2) is 9.59 Å². The van der Waals surface area contributed by atoms with Crippen molar-refractivity contribution in [2.75, 3.05) is 31.0 Å². The van der Waals surface area contributed by atoms with E-state index in [1.807, 2.05) is 12.1 Å². The molecule has 0 bridgehead atoms. The number of urea groups is 1. The van der Waals surface area contributed by atoms with Crippen molar-refractivity contribution in [2.45, 2.75) is 12.5 Å². The first kappa shape index (κ1) is 19.2. The fourth-order valence-electron chi connectivity index (χ4n) is 2.98. The van der Waals surface area contributed by atoms with E-state index in [2.05, 4.69) is 15.4 Å². The summed E-state index contributed by atoms with van der Waals surface area (Å²) >= 11 is 0. The lowest BCUT2D eigenvalue weighted by Gasteiger charge is -2.18. The molecule has 1 atom stereocenters. The van der Waals surface area contributed by atoms with Crippen LogP contribution in [0, 0.1) is 0 Å². The molecule has 1 saturated heterocycles. The number of esters is 1. The van der Waals surface area contributed by atoms with Gasteiger partial charge in [0.05, 0.1) is 25.8 Å². The van der Waals surface area contributed by atoms with Gasteiger partial charge in [0.25, 0.3) is 0 Å². The third kappa shape index (κ3) is 4.40. The zero-order chi connectivity index (χ0) is 20.1. The van der Waals surface area contributed by atoms with E-state index in [0.717, 1.165) is 5.69 Å². The number of hydrogen-bond acceptors (Lipinski definition) is 5. The third-order valence-electron chi connectivity index (χ3n) is 4.41. The Morgan fingerprint density at radius 1 is 1.04 bits per heavy atom. The zero-order valence-corrected chi connectivity index (χ0v) is 15.6. The predicted octanol–water partition coefficient (Wildman–Crippen LogP) is 2.41. The molecule has 1 aliphatic rings. The van der Waals surface area contributed by atoms with Gasteiger partial charge in [0.15, 0.2) is 0 Å². The van der Waals surface area contributed by atoms with E-state index in [1.165, 1.54) is 7.11 Å². The van der Waals surface area contributed by atoms with E-state index in [4.69, 9.17) is 4.74 Å². The molecule has 0 saturated carbocycles. The van der Waals surface area contributed by atoms with Crippen molar-refractivity contribution in [3.05, 3.63) is 54.1 Å². The summed E-state index contributed by atoms with van der Waals surface area (Å²) < 4.78 is 9.75. The molecule has 2 aromatic rings. The van der Waals surface area contributed by atoms with Gasteiger partial charge in [-0.2, -0.15) is 0 Å². The molecule has 3 rings (SSSR count). The molecule has 146 valence electrons. The van der Waals surface area contributed by atoms with Crippen LogP contribution in [0.3, 0.4) is 0 Å². The smallest absolute Gasteiger partial charge is 0.337 e. The second kappa shape index (κ2) is 8.43. The molecule has 1 unspecified atom stereocenters. The zero-order valence-electron chi connectivity index (χ0n) is 15.6. The SMILES string of the molecule is COC(=O)c1ccc(NC(=O)NC2CC(=O)N(c3ccc(OC)cc3)C2)cc1. The number of benzene rings is 2. The van der Waals surface area contributed by atoms with Crippen LogP contribution < -0.4 is 20.3 Å². The van der Waals surface area contributed by atoms with E-state index in [0.29, 0.717) is 23.5 Å². The number of anilines is 2. The van der Waals surface area contributed by atoms with Gasteiger partial charge in [0.2, 0.25) is 5.91 Å². The molecular weight excluding hydrogens is 362 g/mol. The van der Waals surface area contributed by atoms with Gasteiger partial charge >= 0.3 is 12.0 Å². The first-order valence-corrected chi connectivity index (χ1v) is 8.70. The van der Waals surface area contributed by atoms with Gasteiger partial charge in [0.1, 0.15) is 5.75 Å². The molecule has 0 radical (unpaired) electrons. The van der Waals surface area contributed by atoms with Crippen LogP contribution in [-0.4, -0.2) is 44.7 Å². The second-order valence-electron chi connectivity index (χ2n) is 6.27. The Hall–Kier alpha value is -3.55. The number of rotatable bonds is 5. The van der Waals surface area contributed by atoms with Gasteiger partial charge < -0.3 is 25.0 Å². The van der Waals surface area contributed by atoms with Crippen molar-refractivity contribution in [1.29, 1.82) is 0 Å². The van der Waals surface area contributed by atoms with Gasteiger partial charge in [-0.05, 0) is 48.5 Å². The monoisotopic (exact) mass is 383 g/mol. The summed E-state index contributed by atoms with van der Waals surface area (Å²) in [5.41, 5.74) is 1.68. The first-order chi connectivity index (χ1) is 13.5. The lowest BCUT2D eigenvalue weighted by Crippen LogP contribution is -2.39. The lowest BCUT2D eigenvalue weighted by molar-refractivity contribution is -0.117. The minimum Gasteiger partial charge on any atom is -0.497 e. The van der Waals surface area contributed by atoms with Crippen LogP contribution in [-0.2, 0) is 9.53 Å². The number of hydrogen-bond donors (Lipinski definition) is 2. The van der Waals surface area contributed by atoms with E-state index in [9.17, 15) is 14.4 Å². The van der Waals surface area contributed by atoms with Crippen molar-refractivity contribution in [3.63, 3.8) is 0 Å². The van der Waals surface area contributed by atoms with E-state index < -0.39 is 12.0 Å². The quantitative estimate of drug-likeness (QED) is 0.773. The topological polar surface area (TPSA) is 97.0 Å². The number of ether oxygens (including phenoxy) is 2. The molecule has 3 amide bonds. The Balaban J connectivity index is 1.56. The number of nitrogens with one attached hydrogen (secondary N) is 2.